The predicted molar refractivity (Wildman–Crippen MR) is 217 cm³/mol. The minimum absolute atomic E-state index is 0.387. The van der Waals surface area contributed by atoms with Gasteiger partial charge in [-0.2, -0.15) is 0 Å². The van der Waals surface area contributed by atoms with Gasteiger partial charge in [0.25, 0.3) is 0 Å². The molecule has 1 aromatic heterocycles. The Bertz CT molecular complexity index is 2660. The van der Waals surface area contributed by atoms with E-state index in [9.17, 15) is 0 Å². The topological polar surface area (TPSA) is 16.4 Å². The molecule has 2 heteroatoms. The van der Waals surface area contributed by atoms with Crippen molar-refractivity contribution in [3.8, 4) is 33.4 Å². The Kier molecular flexibility index (Phi) is 6.97. The van der Waals surface area contributed by atoms with Crippen LogP contribution in [0.1, 0.15) is 23.6 Å². The van der Waals surface area contributed by atoms with Crippen LogP contribution in [0.5, 0.6) is 0 Å². The summed E-state index contributed by atoms with van der Waals surface area (Å²) in [4.78, 5) is 2.41. The second-order valence-electron chi connectivity index (χ2n) is 13.8. The second-order valence-corrected chi connectivity index (χ2v) is 13.8. The van der Waals surface area contributed by atoms with Crippen LogP contribution >= 0.6 is 0 Å². The van der Waals surface area contributed by atoms with Crippen molar-refractivity contribution in [2.24, 2.45) is 0 Å². The lowest BCUT2D eigenvalue weighted by Crippen LogP contribution is -2.22. The Morgan fingerprint density at radius 2 is 0.981 bits per heavy atom. The van der Waals surface area contributed by atoms with E-state index in [1.54, 1.807) is 0 Å². The van der Waals surface area contributed by atoms with Crippen LogP contribution in [0.15, 0.2) is 199 Å². The number of nitrogens with zero attached hydrogens (tertiary/aromatic N) is 1. The maximum Gasteiger partial charge on any atom is 0.135 e. The normalized spacial score (nSPS) is 14.7. The maximum absolute atomic E-state index is 6.47. The van der Waals surface area contributed by atoms with Gasteiger partial charge in [0.15, 0.2) is 0 Å². The summed E-state index contributed by atoms with van der Waals surface area (Å²) in [5.41, 5.74) is 15.9. The molecule has 1 atom stereocenters. The highest BCUT2D eigenvalue weighted by Crippen LogP contribution is 2.57. The minimum Gasteiger partial charge on any atom is -0.456 e. The SMILES string of the molecule is CC1(c2ccccc2)c2ccc(N(c3cccc(-c4ccccc4)c3)c3cccc(-c4ccccc4)c3)cc2-c2ccc3oc4ccccc4c3c21. The molecule has 0 amide bonds. The van der Waals surface area contributed by atoms with Crippen molar-refractivity contribution in [1.82, 2.24) is 0 Å². The van der Waals surface area contributed by atoms with E-state index in [4.69, 9.17) is 4.42 Å². The number of rotatable bonds is 6. The Morgan fingerprint density at radius 1 is 0.423 bits per heavy atom. The van der Waals surface area contributed by atoms with Gasteiger partial charge in [0, 0.05) is 33.2 Å². The fourth-order valence-corrected chi connectivity index (χ4v) is 8.45. The monoisotopic (exact) mass is 665 g/mol. The van der Waals surface area contributed by atoms with Crippen LogP contribution in [-0.4, -0.2) is 0 Å². The van der Waals surface area contributed by atoms with E-state index in [2.05, 4.69) is 206 Å². The van der Waals surface area contributed by atoms with E-state index in [1.165, 1.54) is 55.5 Å². The molecular formula is C50H35NO. The minimum atomic E-state index is -0.387. The Balaban J connectivity index is 1.22. The van der Waals surface area contributed by atoms with E-state index in [1.807, 2.05) is 0 Å². The standard InChI is InChI=1S/C50H35NO/c1-50(38-21-9-4-10-22-38)45-29-27-41(33-44(45)42-28-30-47-48(49(42)50)43-25-11-12-26-46(43)52-47)51(39-23-13-19-36(31-39)34-15-5-2-6-16-34)40-24-14-20-37(32-40)35-17-7-3-8-18-35/h2-33H,1H3. The number of furan rings is 1. The van der Waals surface area contributed by atoms with Gasteiger partial charge in [-0.25, -0.2) is 0 Å². The average Bonchev–Trinajstić information content (AvgIpc) is 3.72. The number of benzene rings is 8. The van der Waals surface area contributed by atoms with Crippen molar-refractivity contribution in [2.45, 2.75) is 12.3 Å². The van der Waals surface area contributed by atoms with Gasteiger partial charge in [-0.3, -0.25) is 0 Å². The van der Waals surface area contributed by atoms with Crippen LogP contribution in [0, 0.1) is 0 Å². The van der Waals surface area contributed by atoms with E-state index < -0.39 is 0 Å². The summed E-state index contributed by atoms with van der Waals surface area (Å²) >= 11 is 0. The van der Waals surface area contributed by atoms with Gasteiger partial charge < -0.3 is 9.32 Å². The third kappa shape index (κ3) is 4.72. The molecule has 2 nitrogen and oxygen atoms in total. The summed E-state index contributed by atoms with van der Waals surface area (Å²) in [5.74, 6) is 0. The van der Waals surface area contributed by atoms with E-state index in [0.717, 1.165) is 33.6 Å². The summed E-state index contributed by atoms with van der Waals surface area (Å²) in [6.45, 7) is 2.39. The molecule has 0 fully saturated rings. The van der Waals surface area contributed by atoms with E-state index in [-0.39, 0.29) is 5.41 Å². The summed E-state index contributed by atoms with van der Waals surface area (Å²) in [7, 11) is 0. The zero-order valence-corrected chi connectivity index (χ0v) is 28.8. The molecule has 0 spiro atoms. The summed E-state index contributed by atoms with van der Waals surface area (Å²) in [6, 6.07) is 69.9. The van der Waals surface area contributed by atoms with Gasteiger partial charge in [0.1, 0.15) is 11.2 Å². The Hall–Kier alpha value is -6.64. The highest BCUT2D eigenvalue weighted by atomic mass is 16.3. The first-order valence-corrected chi connectivity index (χ1v) is 17.9. The van der Waals surface area contributed by atoms with Gasteiger partial charge >= 0.3 is 0 Å². The number of hydrogen-bond donors (Lipinski definition) is 0. The molecule has 9 aromatic rings. The number of para-hydroxylation sites is 1. The molecule has 1 unspecified atom stereocenters. The molecular weight excluding hydrogens is 631 g/mol. The second kappa shape index (κ2) is 12.0. The number of hydrogen-bond acceptors (Lipinski definition) is 2. The third-order valence-electron chi connectivity index (χ3n) is 10.9. The molecule has 246 valence electrons. The average molecular weight is 666 g/mol. The zero-order valence-electron chi connectivity index (χ0n) is 28.8. The van der Waals surface area contributed by atoms with Crippen molar-refractivity contribution in [2.75, 3.05) is 4.90 Å². The van der Waals surface area contributed by atoms with Gasteiger partial charge in [-0.1, -0.05) is 146 Å². The molecule has 0 saturated heterocycles. The van der Waals surface area contributed by atoms with Crippen molar-refractivity contribution in [3.05, 3.63) is 211 Å². The molecule has 1 aliphatic carbocycles. The first-order chi connectivity index (χ1) is 25.7. The quantitative estimate of drug-likeness (QED) is 0.176. The molecule has 0 aliphatic heterocycles. The van der Waals surface area contributed by atoms with Crippen LogP contribution in [0.3, 0.4) is 0 Å². The van der Waals surface area contributed by atoms with Gasteiger partial charge in [-0.05, 0) is 106 Å². The largest absolute Gasteiger partial charge is 0.456 e. The fraction of sp³-hybridized carbons (Fsp3) is 0.0400. The van der Waals surface area contributed by atoms with E-state index >= 15 is 0 Å². The Morgan fingerprint density at radius 3 is 1.63 bits per heavy atom. The molecule has 0 bridgehead atoms. The maximum atomic E-state index is 6.47. The van der Waals surface area contributed by atoms with Crippen LogP contribution in [0.25, 0.3) is 55.3 Å². The Labute approximate surface area is 303 Å². The van der Waals surface area contributed by atoms with Crippen molar-refractivity contribution in [3.63, 3.8) is 0 Å². The highest BCUT2D eigenvalue weighted by Gasteiger charge is 2.43. The molecule has 0 saturated carbocycles. The van der Waals surface area contributed by atoms with E-state index in [0.29, 0.717) is 0 Å². The third-order valence-corrected chi connectivity index (χ3v) is 10.9. The lowest BCUT2D eigenvalue weighted by atomic mass is 9.73. The van der Waals surface area contributed by atoms with Crippen LogP contribution in [-0.2, 0) is 5.41 Å². The molecule has 1 heterocycles. The summed E-state index contributed by atoms with van der Waals surface area (Å²) in [6.07, 6.45) is 0. The fourth-order valence-electron chi connectivity index (χ4n) is 8.45. The van der Waals surface area contributed by atoms with Gasteiger partial charge in [0.05, 0.1) is 0 Å². The molecule has 8 aromatic carbocycles. The molecule has 0 N–H and O–H groups in total. The number of fused-ring (bicyclic) bond motifs is 7. The molecule has 1 aliphatic rings. The summed E-state index contributed by atoms with van der Waals surface area (Å²) < 4.78 is 6.47. The van der Waals surface area contributed by atoms with Crippen LogP contribution in [0.2, 0.25) is 0 Å². The van der Waals surface area contributed by atoms with Crippen molar-refractivity contribution in [1.29, 1.82) is 0 Å². The van der Waals surface area contributed by atoms with Crippen LogP contribution < -0.4 is 4.90 Å². The molecule has 10 rings (SSSR count). The van der Waals surface area contributed by atoms with Crippen LogP contribution in [0.4, 0.5) is 17.1 Å². The lowest BCUT2D eigenvalue weighted by molar-refractivity contribution is 0.667. The van der Waals surface area contributed by atoms with Crippen molar-refractivity contribution < 1.29 is 4.42 Å². The first kappa shape index (κ1) is 30.2. The highest BCUT2D eigenvalue weighted by molar-refractivity contribution is 6.11. The smallest absolute Gasteiger partial charge is 0.135 e. The zero-order chi connectivity index (χ0) is 34.6. The molecule has 52 heavy (non-hydrogen) atoms. The van der Waals surface area contributed by atoms with Gasteiger partial charge in [0.2, 0.25) is 0 Å². The lowest BCUT2D eigenvalue weighted by Gasteiger charge is -2.30. The summed E-state index contributed by atoms with van der Waals surface area (Å²) in [5, 5.41) is 2.35. The van der Waals surface area contributed by atoms with Crippen molar-refractivity contribution >= 4 is 39.0 Å². The molecule has 0 radical (unpaired) electrons. The van der Waals surface area contributed by atoms with Gasteiger partial charge in [-0.15, -0.1) is 0 Å². The number of anilines is 3. The predicted octanol–water partition coefficient (Wildman–Crippen LogP) is 13.7. The first-order valence-electron chi connectivity index (χ1n) is 17.9.